The highest BCUT2D eigenvalue weighted by Gasteiger charge is 2.33. The number of rotatable bonds is 2. The SMILES string of the molecule is COc1cnc(N2CCOCC2)c2c1N(C(N)=O)[CH]S2. The first kappa shape index (κ1) is 13.3. The highest BCUT2D eigenvalue weighted by Crippen LogP contribution is 2.50. The number of aromatic nitrogens is 1. The van der Waals surface area contributed by atoms with Crippen molar-refractivity contribution in [1.29, 1.82) is 0 Å². The van der Waals surface area contributed by atoms with Crippen molar-refractivity contribution in [3.05, 3.63) is 12.1 Å². The lowest BCUT2D eigenvalue weighted by Gasteiger charge is -2.29. The number of nitrogens with zero attached hydrogens (tertiary/aromatic N) is 3. The second-order valence-corrected chi connectivity index (χ2v) is 5.21. The molecule has 1 aromatic heterocycles. The molecule has 0 atom stereocenters. The Morgan fingerprint density at radius 2 is 2.25 bits per heavy atom. The van der Waals surface area contributed by atoms with Crippen molar-refractivity contribution in [3.8, 4) is 5.75 Å². The molecule has 1 radical (unpaired) electrons. The number of hydrogen-bond donors (Lipinski definition) is 1. The fraction of sp³-hybridized carbons (Fsp3) is 0.417. The number of anilines is 2. The maximum absolute atomic E-state index is 11.5. The summed E-state index contributed by atoms with van der Waals surface area (Å²) in [5.74, 6) is 3.06. The molecule has 0 aromatic carbocycles. The van der Waals surface area contributed by atoms with Gasteiger partial charge in [0.05, 0.1) is 31.4 Å². The van der Waals surface area contributed by atoms with Crippen molar-refractivity contribution in [2.24, 2.45) is 5.73 Å². The summed E-state index contributed by atoms with van der Waals surface area (Å²) >= 11 is 1.43. The minimum Gasteiger partial charge on any atom is -0.493 e. The molecule has 2 amide bonds. The van der Waals surface area contributed by atoms with E-state index in [0.717, 1.165) is 23.8 Å². The van der Waals surface area contributed by atoms with Gasteiger partial charge in [-0.25, -0.2) is 9.78 Å². The first-order valence-corrected chi connectivity index (χ1v) is 7.08. The third-order valence-electron chi connectivity index (χ3n) is 3.24. The van der Waals surface area contributed by atoms with Crippen LogP contribution in [-0.4, -0.2) is 44.4 Å². The summed E-state index contributed by atoms with van der Waals surface area (Å²) in [5.41, 5.74) is 6.07. The Balaban J connectivity index is 2.04. The van der Waals surface area contributed by atoms with Gasteiger partial charge in [0.1, 0.15) is 17.4 Å². The topological polar surface area (TPSA) is 80.9 Å². The monoisotopic (exact) mass is 295 g/mol. The number of carbonyl (C=O) groups excluding carboxylic acids is 1. The van der Waals surface area contributed by atoms with Gasteiger partial charge < -0.3 is 20.1 Å². The summed E-state index contributed by atoms with van der Waals surface area (Å²) in [6.07, 6.45) is 1.62. The van der Waals surface area contributed by atoms with Crippen molar-refractivity contribution in [2.75, 3.05) is 43.2 Å². The highest BCUT2D eigenvalue weighted by atomic mass is 32.2. The molecule has 1 fully saturated rings. The van der Waals surface area contributed by atoms with Crippen LogP contribution in [-0.2, 0) is 4.74 Å². The van der Waals surface area contributed by atoms with Gasteiger partial charge in [-0.1, -0.05) is 11.8 Å². The Hall–Kier alpha value is -1.67. The predicted molar refractivity (Wildman–Crippen MR) is 76.0 cm³/mol. The van der Waals surface area contributed by atoms with Crippen LogP contribution in [0, 0.1) is 5.88 Å². The Labute approximate surface area is 121 Å². The first-order valence-electron chi connectivity index (χ1n) is 6.20. The van der Waals surface area contributed by atoms with Crippen LogP contribution in [0.3, 0.4) is 0 Å². The van der Waals surface area contributed by atoms with Crippen LogP contribution in [0.1, 0.15) is 0 Å². The summed E-state index contributed by atoms with van der Waals surface area (Å²) in [5, 5.41) is 0. The number of hydrogen-bond acceptors (Lipinski definition) is 6. The third-order valence-corrected chi connectivity index (χ3v) is 4.17. The van der Waals surface area contributed by atoms with Crippen LogP contribution >= 0.6 is 11.8 Å². The zero-order chi connectivity index (χ0) is 14.1. The van der Waals surface area contributed by atoms with Crippen LogP contribution < -0.4 is 20.3 Å². The van der Waals surface area contributed by atoms with Crippen molar-refractivity contribution in [3.63, 3.8) is 0 Å². The number of fused-ring (bicyclic) bond motifs is 1. The average molecular weight is 295 g/mol. The summed E-state index contributed by atoms with van der Waals surface area (Å²) in [6, 6.07) is -0.534. The van der Waals surface area contributed by atoms with Crippen molar-refractivity contribution in [2.45, 2.75) is 4.90 Å². The zero-order valence-corrected chi connectivity index (χ0v) is 11.9. The lowest BCUT2D eigenvalue weighted by Crippen LogP contribution is -2.37. The number of urea groups is 1. The number of primary amides is 1. The van der Waals surface area contributed by atoms with Gasteiger partial charge in [-0.3, -0.25) is 4.90 Å². The molecule has 0 aliphatic carbocycles. The van der Waals surface area contributed by atoms with Gasteiger partial charge in [-0.05, 0) is 0 Å². The van der Waals surface area contributed by atoms with Crippen molar-refractivity contribution in [1.82, 2.24) is 4.98 Å². The number of thioether (sulfide) groups is 1. The summed E-state index contributed by atoms with van der Waals surface area (Å²) in [6.45, 7) is 2.92. The molecule has 107 valence electrons. The predicted octanol–water partition coefficient (Wildman–Crippen LogP) is 1.04. The van der Waals surface area contributed by atoms with Crippen LogP contribution in [0.15, 0.2) is 11.1 Å². The Bertz CT molecular complexity index is 534. The maximum Gasteiger partial charge on any atom is 0.320 e. The number of amides is 2. The molecule has 2 aliphatic rings. The summed E-state index contributed by atoms with van der Waals surface area (Å²) in [4.78, 5) is 20.4. The first-order chi connectivity index (χ1) is 9.72. The van der Waals surface area contributed by atoms with E-state index in [1.807, 2.05) is 0 Å². The summed E-state index contributed by atoms with van der Waals surface area (Å²) < 4.78 is 10.6. The molecule has 1 saturated heterocycles. The molecule has 2 aliphatic heterocycles. The van der Waals surface area contributed by atoms with Gasteiger partial charge in [0.25, 0.3) is 0 Å². The second-order valence-electron chi connectivity index (χ2n) is 4.36. The number of morpholine rings is 1. The molecule has 8 heteroatoms. The van der Waals surface area contributed by atoms with Gasteiger partial charge in [0, 0.05) is 13.1 Å². The number of nitrogens with two attached hydrogens (primary N) is 1. The molecule has 7 nitrogen and oxygen atoms in total. The lowest BCUT2D eigenvalue weighted by molar-refractivity contribution is 0.122. The van der Waals surface area contributed by atoms with Crippen molar-refractivity contribution < 1.29 is 14.3 Å². The highest BCUT2D eigenvalue weighted by molar-refractivity contribution is 8.02. The minimum absolute atomic E-state index is 0.534. The Morgan fingerprint density at radius 3 is 2.90 bits per heavy atom. The molecule has 20 heavy (non-hydrogen) atoms. The maximum atomic E-state index is 11.5. The second kappa shape index (κ2) is 5.37. The number of ether oxygens (including phenoxy) is 2. The van der Waals surface area contributed by atoms with Crippen LogP contribution in [0.2, 0.25) is 0 Å². The molecule has 0 bridgehead atoms. The number of carbonyl (C=O) groups is 1. The van der Waals surface area contributed by atoms with E-state index >= 15 is 0 Å². The molecule has 3 rings (SSSR count). The fourth-order valence-electron chi connectivity index (χ4n) is 2.26. The van der Waals surface area contributed by atoms with Gasteiger partial charge >= 0.3 is 6.03 Å². The quantitative estimate of drug-likeness (QED) is 0.878. The molecule has 3 heterocycles. The van der Waals surface area contributed by atoms with Gasteiger partial charge in [-0.15, -0.1) is 0 Å². The van der Waals surface area contributed by atoms with E-state index in [9.17, 15) is 4.79 Å². The smallest absolute Gasteiger partial charge is 0.320 e. The van der Waals surface area contributed by atoms with E-state index in [1.54, 1.807) is 19.2 Å². The summed E-state index contributed by atoms with van der Waals surface area (Å²) in [7, 11) is 1.55. The van der Waals surface area contributed by atoms with E-state index in [1.165, 1.54) is 16.7 Å². The zero-order valence-electron chi connectivity index (χ0n) is 11.0. The molecule has 0 saturated carbocycles. The minimum atomic E-state index is -0.534. The van der Waals surface area contributed by atoms with Gasteiger partial charge in [-0.2, -0.15) is 0 Å². The van der Waals surface area contributed by atoms with E-state index in [-0.39, 0.29) is 0 Å². The van der Waals surface area contributed by atoms with Crippen molar-refractivity contribution >= 4 is 29.3 Å². The standard InChI is InChI=1S/C12H15N4O3S/c1-18-8-6-14-11(15-2-4-19-5-3-15)10-9(8)16(7-20-10)12(13)17/h6-7H,2-5H2,1H3,(H2,13,17). The fourth-order valence-corrected chi connectivity index (χ4v) is 3.28. The normalized spacial score (nSPS) is 18.1. The molecule has 0 spiro atoms. The number of methoxy groups -OCH3 is 1. The number of pyridine rings is 1. The van der Waals surface area contributed by atoms with E-state index in [0.29, 0.717) is 24.7 Å². The van der Waals surface area contributed by atoms with E-state index in [2.05, 4.69) is 9.88 Å². The third kappa shape index (κ3) is 2.14. The van der Waals surface area contributed by atoms with Gasteiger partial charge in [0.2, 0.25) is 0 Å². The van der Waals surface area contributed by atoms with Crippen LogP contribution in [0.5, 0.6) is 5.75 Å². The van der Waals surface area contributed by atoms with E-state index in [4.69, 9.17) is 15.2 Å². The van der Waals surface area contributed by atoms with Crippen LogP contribution in [0.4, 0.5) is 16.3 Å². The van der Waals surface area contributed by atoms with Gasteiger partial charge in [0.15, 0.2) is 5.75 Å². The molecule has 2 N–H and O–H groups in total. The molecular formula is C12H15N4O3S. The Kier molecular flexibility index (Phi) is 3.58. The van der Waals surface area contributed by atoms with E-state index < -0.39 is 6.03 Å². The van der Waals surface area contributed by atoms with Crippen LogP contribution in [0.25, 0.3) is 0 Å². The molecule has 1 aromatic rings. The Morgan fingerprint density at radius 1 is 1.50 bits per heavy atom. The molecule has 0 unspecified atom stereocenters. The molecular weight excluding hydrogens is 280 g/mol. The average Bonchev–Trinajstić information content (AvgIpc) is 2.92. The lowest BCUT2D eigenvalue weighted by atomic mass is 10.3. The largest absolute Gasteiger partial charge is 0.493 e.